The largest absolute Gasteiger partial charge is 0.326 e. The molecule has 0 saturated heterocycles. The molecule has 1 fully saturated rings. The molecule has 2 atom stereocenters. The van der Waals surface area contributed by atoms with Gasteiger partial charge in [0.15, 0.2) is 0 Å². The predicted molar refractivity (Wildman–Crippen MR) is 73.1 cm³/mol. The summed E-state index contributed by atoms with van der Waals surface area (Å²) in [7, 11) is 0. The highest BCUT2D eigenvalue weighted by molar-refractivity contribution is 5.94. The zero-order chi connectivity index (χ0) is 13.2. The van der Waals surface area contributed by atoms with Gasteiger partial charge in [-0.15, -0.1) is 0 Å². The molecule has 19 heavy (non-hydrogen) atoms. The van der Waals surface area contributed by atoms with Crippen LogP contribution in [0, 0.1) is 23.6 Å². The number of amides is 1. The second-order valence-corrected chi connectivity index (χ2v) is 5.48. The molecule has 3 heteroatoms. The minimum Gasteiger partial charge on any atom is -0.326 e. The van der Waals surface area contributed by atoms with Crippen molar-refractivity contribution in [1.82, 2.24) is 0 Å². The van der Waals surface area contributed by atoms with E-state index in [-0.39, 0.29) is 17.6 Å². The highest BCUT2D eigenvalue weighted by Gasteiger charge is 2.53. The number of hydrogen-bond acceptors (Lipinski definition) is 1. The Morgan fingerprint density at radius 3 is 2.21 bits per heavy atom. The van der Waals surface area contributed by atoms with Crippen molar-refractivity contribution in [2.24, 2.45) is 17.8 Å². The SMILES string of the molecule is O=C(Nc1ccc(F)cc1)C1C2CCC=CCCC21. The van der Waals surface area contributed by atoms with Crippen LogP contribution in [0.15, 0.2) is 36.4 Å². The lowest BCUT2D eigenvalue weighted by atomic mass is 10.1. The Labute approximate surface area is 112 Å². The molecule has 1 N–H and O–H groups in total. The number of benzene rings is 1. The maximum atomic E-state index is 12.8. The molecule has 0 spiro atoms. The van der Waals surface area contributed by atoms with Crippen LogP contribution in [0.4, 0.5) is 10.1 Å². The van der Waals surface area contributed by atoms with Crippen LogP contribution in [-0.2, 0) is 4.79 Å². The molecule has 0 heterocycles. The van der Waals surface area contributed by atoms with E-state index in [2.05, 4.69) is 17.5 Å². The van der Waals surface area contributed by atoms with Crippen molar-refractivity contribution in [3.8, 4) is 0 Å². The molecular formula is C16H18FNO. The van der Waals surface area contributed by atoms with Gasteiger partial charge < -0.3 is 5.32 Å². The quantitative estimate of drug-likeness (QED) is 0.805. The van der Waals surface area contributed by atoms with Gasteiger partial charge in [-0.25, -0.2) is 4.39 Å². The van der Waals surface area contributed by atoms with E-state index in [4.69, 9.17) is 0 Å². The molecule has 2 aliphatic carbocycles. The third-order valence-corrected chi connectivity index (χ3v) is 4.25. The lowest BCUT2D eigenvalue weighted by Crippen LogP contribution is -2.15. The first-order chi connectivity index (χ1) is 9.25. The summed E-state index contributed by atoms with van der Waals surface area (Å²) in [5.74, 6) is 1.07. The minimum atomic E-state index is -0.280. The summed E-state index contributed by atoms with van der Waals surface area (Å²) < 4.78 is 12.8. The van der Waals surface area contributed by atoms with Gasteiger partial charge in [0.25, 0.3) is 0 Å². The monoisotopic (exact) mass is 259 g/mol. The zero-order valence-electron chi connectivity index (χ0n) is 10.8. The number of allylic oxidation sites excluding steroid dienone is 2. The van der Waals surface area contributed by atoms with E-state index in [1.54, 1.807) is 12.1 Å². The van der Waals surface area contributed by atoms with E-state index in [1.165, 1.54) is 12.1 Å². The highest BCUT2D eigenvalue weighted by atomic mass is 19.1. The Bertz CT molecular complexity index is 478. The Kier molecular flexibility index (Phi) is 3.36. The first kappa shape index (κ1) is 12.4. The van der Waals surface area contributed by atoms with Crippen molar-refractivity contribution in [3.63, 3.8) is 0 Å². The Hall–Kier alpha value is -1.64. The van der Waals surface area contributed by atoms with Gasteiger partial charge in [0.1, 0.15) is 5.82 Å². The number of carbonyl (C=O) groups is 1. The van der Waals surface area contributed by atoms with Gasteiger partial charge in [-0.1, -0.05) is 12.2 Å². The van der Waals surface area contributed by atoms with Crippen molar-refractivity contribution >= 4 is 11.6 Å². The number of anilines is 1. The number of halogens is 1. The average molecular weight is 259 g/mol. The van der Waals surface area contributed by atoms with E-state index in [9.17, 15) is 9.18 Å². The standard InChI is InChI=1S/C16H18FNO/c17-11-7-9-12(10-8-11)18-16(19)15-13-5-3-1-2-4-6-14(13)15/h1-2,7-10,13-15H,3-6H2,(H,18,19). The van der Waals surface area contributed by atoms with Crippen molar-refractivity contribution in [3.05, 3.63) is 42.2 Å². The Morgan fingerprint density at radius 2 is 1.63 bits per heavy atom. The van der Waals surface area contributed by atoms with Gasteiger partial charge in [-0.05, 0) is 61.8 Å². The van der Waals surface area contributed by atoms with Crippen LogP contribution in [0.5, 0.6) is 0 Å². The molecule has 2 aliphatic rings. The van der Waals surface area contributed by atoms with E-state index >= 15 is 0 Å². The molecule has 3 rings (SSSR count). The highest BCUT2D eigenvalue weighted by Crippen LogP contribution is 2.53. The zero-order valence-corrected chi connectivity index (χ0v) is 10.8. The van der Waals surface area contributed by atoms with Gasteiger partial charge in [0.2, 0.25) is 5.91 Å². The molecule has 1 aromatic carbocycles. The van der Waals surface area contributed by atoms with E-state index in [1.807, 2.05) is 0 Å². The molecule has 2 nitrogen and oxygen atoms in total. The van der Waals surface area contributed by atoms with Gasteiger partial charge in [-0.2, -0.15) is 0 Å². The van der Waals surface area contributed by atoms with Crippen molar-refractivity contribution < 1.29 is 9.18 Å². The maximum Gasteiger partial charge on any atom is 0.228 e. The summed E-state index contributed by atoms with van der Waals surface area (Å²) in [6, 6.07) is 5.96. The molecule has 100 valence electrons. The summed E-state index contributed by atoms with van der Waals surface area (Å²) in [6.45, 7) is 0. The van der Waals surface area contributed by atoms with Crippen LogP contribution in [0.25, 0.3) is 0 Å². The van der Waals surface area contributed by atoms with Gasteiger partial charge >= 0.3 is 0 Å². The molecule has 0 bridgehead atoms. The molecule has 2 unspecified atom stereocenters. The lowest BCUT2D eigenvalue weighted by Gasteiger charge is -2.04. The molecule has 1 saturated carbocycles. The normalized spacial score (nSPS) is 29.0. The second-order valence-electron chi connectivity index (χ2n) is 5.48. The molecule has 1 amide bonds. The summed E-state index contributed by atoms with van der Waals surface area (Å²) in [5, 5.41) is 2.90. The third kappa shape index (κ3) is 2.70. The molecule has 1 aromatic rings. The predicted octanol–water partition coefficient (Wildman–Crippen LogP) is 3.76. The fraction of sp³-hybridized carbons (Fsp3) is 0.438. The number of fused-ring (bicyclic) bond motifs is 1. The van der Waals surface area contributed by atoms with Crippen molar-refractivity contribution in [1.29, 1.82) is 0 Å². The van der Waals surface area contributed by atoms with Crippen LogP contribution < -0.4 is 5.32 Å². The van der Waals surface area contributed by atoms with Crippen LogP contribution in [0.2, 0.25) is 0 Å². The number of carbonyl (C=O) groups excluding carboxylic acids is 1. The van der Waals surface area contributed by atoms with E-state index < -0.39 is 0 Å². The molecular weight excluding hydrogens is 241 g/mol. The van der Waals surface area contributed by atoms with Gasteiger partial charge in [0, 0.05) is 11.6 Å². The Morgan fingerprint density at radius 1 is 1.05 bits per heavy atom. The number of rotatable bonds is 2. The van der Waals surface area contributed by atoms with Crippen molar-refractivity contribution in [2.75, 3.05) is 5.32 Å². The first-order valence-corrected chi connectivity index (χ1v) is 6.97. The van der Waals surface area contributed by atoms with Gasteiger partial charge in [0.05, 0.1) is 0 Å². The lowest BCUT2D eigenvalue weighted by molar-refractivity contribution is -0.117. The average Bonchev–Trinajstić information content (AvgIpc) is 3.03. The maximum absolute atomic E-state index is 12.8. The fourth-order valence-electron chi connectivity index (χ4n) is 3.19. The molecule has 0 aromatic heterocycles. The van der Waals surface area contributed by atoms with Gasteiger partial charge in [-0.3, -0.25) is 4.79 Å². The topological polar surface area (TPSA) is 29.1 Å². The van der Waals surface area contributed by atoms with Crippen LogP contribution >= 0.6 is 0 Å². The van der Waals surface area contributed by atoms with Crippen LogP contribution in [0.1, 0.15) is 25.7 Å². The van der Waals surface area contributed by atoms with Crippen LogP contribution in [0.3, 0.4) is 0 Å². The fourth-order valence-corrected chi connectivity index (χ4v) is 3.19. The minimum absolute atomic E-state index is 0.100. The summed E-state index contributed by atoms with van der Waals surface area (Å²) >= 11 is 0. The number of hydrogen-bond donors (Lipinski definition) is 1. The summed E-state index contributed by atoms with van der Waals surface area (Å²) in [6.07, 6.45) is 8.85. The van der Waals surface area contributed by atoms with Crippen molar-refractivity contribution in [2.45, 2.75) is 25.7 Å². The summed E-state index contributed by atoms with van der Waals surface area (Å²) in [4.78, 5) is 12.2. The first-order valence-electron chi connectivity index (χ1n) is 6.97. The number of nitrogens with one attached hydrogen (secondary N) is 1. The Balaban J connectivity index is 1.61. The molecule has 0 radical (unpaired) electrons. The van der Waals surface area contributed by atoms with Crippen LogP contribution in [-0.4, -0.2) is 5.91 Å². The second kappa shape index (κ2) is 5.16. The third-order valence-electron chi connectivity index (χ3n) is 4.25. The smallest absolute Gasteiger partial charge is 0.228 e. The van der Waals surface area contributed by atoms with E-state index in [0.717, 1.165) is 25.7 Å². The summed E-state index contributed by atoms with van der Waals surface area (Å²) in [5.41, 5.74) is 0.684. The molecule has 0 aliphatic heterocycles. The van der Waals surface area contributed by atoms with E-state index in [0.29, 0.717) is 17.5 Å².